The van der Waals surface area contributed by atoms with E-state index in [1.807, 2.05) is 57.2 Å². The van der Waals surface area contributed by atoms with Gasteiger partial charge in [-0.2, -0.15) is 5.10 Å². The summed E-state index contributed by atoms with van der Waals surface area (Å²) in [5.74, 6) is -0.548. The van der Waals surface area contributed by atoms with Crippen LogP contribution in [0.1, 0.15) is 22.3 Å². The molecule has 0 saturated carbocycles. The number of benzene rings is 3. The van der Waals surface area contributed by atoms with E-state index in [2.05, 4.69) is 26.5 Å². The van der Waals surface area contributed by atoms with Gasteiger partial charge in [-0.15, -0.1) is 0 Å². The molecule has 0 fully saturated rings. The number of rotatable bonds is 7. The lowest BCUT2D eigenvalue weighted by Gasteiger charge is -2.25. The van der Waals surface area contributed by atoms with Crippen molar-refractivity contribution < 1.29 is 13.2 Å². The zero-order chi connectivity index (χ0) is 23.3. The molecule has 0 aliphatic heterocycles. The van der Waals surface area contributed by atoms with Crippen molar-refractivity contribution in [3.8, 4) is 0 Å². The Morgan fingerprint density at radius 1 is 1.00 bits per heavy atom. The largest absolute Gasteiger partial charge is 0.271 e. The van der Waals surface area contributed by atoms with Crippen molar-refractivity contribution in [2.75, 3.05) is 10.8 Å². The van der Waals surface area contributed by atoms with Crippen LogP contribution in [0.5, 0.6) is 0 Å². The Morgan fingerprint density at radius 2 is 1.69 bits per heavy atom. The van der Waals surface area contributed by atoms with E-state index in [0.717, 1.165) is 31.0 Å². The van der Waals surface area contributed by atoms with Crippen molar-refractivity contribution in [2.45, 2.75) is 25.7 Å². The summed E-state index contributed by atoms with van der Waals surface area (Å²) in [7, 11) is -3.97. The molecule has 0 aliphatic rings. The molecule has 166 valence electrons. The summed E-state index contributed by atoms with van der Waals surface area (Å²) in [4.78, 5) is 12.8. The number of nitrogens with one attached hydrogen (secondary N) is 1. The Morgan fingerprint density at radius 3 is 2.38 bits per heavy atom. The van der Waals surface area contributed by atoms with Gasteiger partial charge >= 0.3 is 0 Å². The van der Waals surface area contributed by atoms with E-state index in [1.54, 1.807) is 30.3 Å². The highest BCUT2D eigenvalue weighted by Crippen LogP contribution is 2.28. The van der Waals surface area contributed by atoms with Gasteiger partial charge in [0.25, 0.3) is 15.9 Å². The van der Waals surface area contributed by atoms with Crippen LogP contribution in [0.15, 0.2) is 81.2 Å². The van der Waals surface area contributed by atoms with Crippen LogP contribution in [0.25, 0.3) is 0 Å². The van der Waals surface area contributed by atoms with Crippen molar-refractivity contribution in [1.82, 2.24) is 5.43 Å². The van der Waals surface area contributed by atoms with E-state index in [9.17, 15) is 13.2 Å². The second kappa shape index (κ2) is 10.1. The van der Waals surface area contributed by atoms with E-state index in [1.165, 1.54) is 6.21 Å². The van der Waals surface area contributed by atoms with Crippen LogP contribution in [-0.2, 0) is 14.8 Å². The first kappa shape index (κ1) is 23.7. The van der Waals surface area contributed by atoms with Gasteiger partial charge in [0.15, 0.2) is 0 Å². The predicted octanol–water partition coefficient (Wildman–Crippen LogP) is 4.72. The summed E-state index contributed by atoms with van der Waals surface area (Å²) in [6.07, 6.45) is 1.50. The van der Waals surface area contributed by atoms with E-state index >= 15 is 0 Å². The van der Waals surface area contributed by atoms with Gasteiger partial charge in [0, 0.05) is 4.47 Å². The van der Waals surface area contributed by atoms with Crippen LogP contribution >= 0.6 is 15.9 Å². The monoisotopic (exact) mass is 513 g/mol. The molecule has 0 heterocycles. The minimum atomic E-state index is -3.97. The quantitative estimate of drug-likeness (QED) is 0.366. The van der Waals surface area contributed by atoms with Crippen LogP contribution in [0.3, 0.4) is 0 Å². The summed E-state index contributed by atoms with van der Waals surface area (Å²) in [6.45, 7) is 5.17. The average molecular weight is 514 g/mol. The Labute approximate surface area is 197 Å². The first-order valence-electron chi connectivity index (χ1n) is 9.91. The summed E-state index contributed by atoms with van der Waals surface area (Å²) < 4.78 is 29.0. The second-order valence-electron chi connectivity index (χ2n) is 7.46. The number of anilines is 1. The minimum absolute atomic E-state index is 0.120. The molecule has 0 saturated heterocycles. The van der Waals surface area contributed by atoms with Gasteiger partial charge in [-0.1, -0.05) is 57.9 Å². The number of sulfonamides is 1. The molecule has 0 spiro atoms. The fourth-order valence-corrected chi connectivity index (χ4v) is 4.95. The number of carbonyl (C=O) groups excluding carboxylic acids is 1. The molecule has 0 atom stereocenters. The Kier molecular flexibility index (Phi) is 7.48. The number of hydrazone groups is 1. The maximum absolute atomic E-state index is 13.5. The minimum Gasteiger partial charge on any atom is -0.271 e. The van der Waals surface area contributed by atoms with Crippen molar-refractivity contribution >= 4 is 43.8 Å². The molecule has 1 N–H and O–H groups in total. The second-order valence-corrected chi connectivity index (χ2v) is 10.2. The zero-order valence-corrected chi connectivity index (χ0v) is 20.4. The molecule has 0 unspecified atom stereocenters. The molecular weight excluding hydrogens is 490 g/mol. The third-order valence-electron chi connectivity index (χ3n) is 4.78. The predicted molar refractivity (Wildman–Crippen MR) is 132 cm³/mol. The van der Waals surface area contributed by atoms with Gasteiger partial charge < -0.3 is 0 Å². The highest BCUT2D eigenvalue weighted by Gasteiger charge is 2.28. The van der Waals surface area contributed by atoms with Crippen LogP contribution in [0.4, 0.5) is 5.69 Å². The summed E-state index contributed by atoms with van der Waals surface area (Å²) in [5.41, 5.74) is 6.26. The Bertz CT molecular complexity index is 1260. The lowest BCUT2D eigenvalue weighted by Crippen LogP contribution is -2.40. The van der Waals surface area contributed by atoms with E-state index in [4.69, 9.17) is 0 Å². The fraction of sp³-hybridized carbons (Fsp3) is 0.167. The van der Waals surface area contributed by atoms with Crippen molar-refractivity contribution in [3.05, 3.63) is 93.5 Å². The number of amides is 1. The zero-order valence-electron chi connectivity index (χ0n) is 18.0. The highest BCUT2D eigenvalue weighted by atomic mass is 79.9. The van der Waals surface area contributed by atoms with Gasteiger partial charge in [0.05, 0.1) is 16.8 Å². The molecule has 0 aromatic heterocycles. The van der Waals surface area contributed by atoms with Crippen molar-refractivity contribution in [2.24, 2.45) is 5.10 Å². The molecular formula is C24H24BrN3O3S. The number of hydrogen-bond donors (Lipinski definition) is 1. The molecule has 3 aromatic carbocycles. The molecule has 32 heavy (non-hydrogen) atoms. The molecule has 8 heteroatoms. The van der Waals surface area contributed by atoms with Crippen LogP contribution in [0, 0.1) is 20.8 Å². The Balaban J connectivity index is 1.89. The van der Waals surface area contributed by atoms with Gasteiger partial charge in [-0.05, 0) is 67.8 Å². The number of aryl methyl sites for hydroxylation is 3. The smallest absolute Gasteiger partial charge is 0.264 e. The fourth-order valence-electron chi connectivity index (χ4n) is 3.06. The average Bonchev–Trinajstić information content (AvgIpc) is 2.74. The number of carbonyl (C=O) groups is 1. The maximum atomic E-state index is 13.5. The van der Waals surface area contributed by atoms with Crippen LogP contribution in [-0.4, -0.2) is 27.1 Å². The van der Waals surface area contributed by atoms with Crippen molar-refractivity contribution in [3.63, 3.8) is 0 Å². The highest BCUT2D eigenvalue weighted by molar-refractivity contribution is 9.10. The molecule has 0 bridgehead atoms. The normalized spacial score (nSPS) is 11.5. The third kappa shape index (κ3) is 5.83. The van der Waals surface area contributed by atoms with Gasteiger partial charge in [-0.3, -0.25) is 9.10 Å². The number of halogens is 1. The third-order valence-corrected chi connectivity index (χ3v) is 7.05. The molecule has 0 aliphatic carbocycles. The SMILES string of the molecule is Cc1ccc(S(=O)(=O)N(CC(=O)N/N=C\c2cccc(Br)c2)c2cc(C)ccc2C)cc1. The summed E-state index contributed by atoms with van der Waals surface area (Å²) >= 11 is 3.38. The summed E-state index contributed by atoms with van der Waals surface area (Å²) in [5, 5.41) is 3.97. The van der Waals surface area contributed by atoms with Crippen molar-refractivity contribution in [1.29, 1.82) is 0 Å². The van der Waals surface area contributed by atoms with E-state index in [-0.39, 0.29) is 4.90 Å². The molecule has 1 amide bonds. The van der Waals surface area contributed by atoms with E-state index in [0.29, 0.717) is 5.69 Å². The molecule has 3 rings (SSSR count). The first-order chi connectivity index (χ1) is 15.2. The van der Waals surface area contributed by atoms with Crippen LogP contribution < -0.4 is 9.73 Å². The van der Waals surface area contributed by atoms with Gasteiger partial charge in [0.2, 0.25) is 0 Å². The summed E-state index contributed by atoms with van der Waals surface area (Å²) in [6, 6.07) is 19.5. The lowest BCUT2D eigenvalue weighted by molar-refractivity contribution is -0.119. The number of nitrogens with zero attached hydrogens (tertiary/aromatic N) is 2. The molecule has 6 nitrogen and oxygen atoms in total. The molecule has 3 aromatic rings. The van der Waals surface area contributed by atoms with Crippen LogP contribution in [0.2, 0.25) is 0 Å². The lowest BCUT2D eigenvalue weighted by atomic mass is 10.1. The first-order valence-corrected chi connectivity index (χ1v) is 12.1. The standard InChI is InChI=1S/C24H24BrN3O3S/c1-17-8-11-22(12-9-17)32(30,31)28(23-13-18(2)7-10-19(23)3)16-24(29)27-26-15-20-5-4-6-21(25)14-20/h4-15H,16H2,1-3H3,(H,27,29)/b26-15-. The molecule has 0 radical (unpaired) electrons. The van der Waals surface area contributed by atoms with E-state index < -0.39 is 22.5 Å². The van der Waals surface area contributed by atoms with Gasteiger partial charge in [0.1, 0.15) is 6.54 Å². The Hall–Kier alpha value is -2.97. The maximum Gasteiger partial charge on any atom is 0.264 e. The topological polar surface area (TPSA) is 78.8 Å². The van der Waals surface area contributed by atoms with Gasteiger partial charge in [-0.25, -0.2) is 13.8 Å². The number of hydrogen-bond acceptors (Lipinski definition) is 4.